The maximum atomic E-state index is 12.0. The van der Waals surface area contributed by atoms with E-state index in [1.54, 1.807) is 13.3 Å². The molecule has 142 valence electrons. The SMILES string of the molecule is C=C[C@H]1CN2CC[C@@H]1C[C@H]2[C@@H](OC(C)=O)c1ccnc2ccc(OC)cc12. The second-order valence-electron chi connectivity index (χ2n) is 7.56. The molecule has 2 bridgehead atoms. The molecule has 3 saturated heterocycles. The lowest BCUT2D eigenvalue weighted by Crippen LogP contribution is -2.55. The summed E-state index contributed by atoms with van der Waals surface area (Å²) in [7, 11) is 1.65. The van der Waals surface area contributed by atoms with Gasteiger partial charge in [0.15, 0.2) is 0 Å². The minimum absolute atomic E-state index is 0.181. The molecule has 1 unspecified atom stereocenters. The van der Waals surface area contributed by atoms with Gasteiger partial charge in [0.05, 0.1) is 18.7 Å². The molecule has 0 spiro atoms. The Hall–Kier alpha value is -2.40. The number of esters is 1. The number of hydrogen-bond acceptors (Lipinski definition) is 5. The van der Waals surface area contributed by atoms with E-state index in [0.29, 0.717) is 11.8 Å². The summed E-state index contributed by atoms with van der Waals surface area (Å²) < 4.78 is 11.3. The number of piperidine rings is 3. The van der Waals surface area contributed by atoms with Gasteiger partial charge in [0, 0.05) is 30.6 Å². The Balaban J connectivity index is 1.76. The van der Waals surface area contributed by atoms with E-state index in [4.69, 9.17) is 9.47 Å². The highest BCUT2D eigenvalue weighted by Gasteiger charge is 2.44. The van der Waals surface area contributed by atoms with E-state index in [-0.39, 0.29) is 18.1 Å². The molecule has 5 atom stereocenters. The zero-order chi connectivity index (χ0) is 19.0. The van der Waals surface area contributed by atoms with Crippen LogP contribution in [0.4, 0.5) is 0 Å². The number of rotatable bonds is 5. The average molecular weight is 366 g/mol. The molecule has 5 nitrogen and oxygen atoms in total. The molecule has 0 N–H and O–H groups in total. The second kappa shape index (κ2) is 7.31. The van der Waals surface area contributed by atoms with Gasteiger partial charge in [-0.2, -0.15) is 0 Å². The molecule has 1 aromatic heterocycles. The fraction of sp³-hybridized carbons (Fsp3) is 0.455. The topological polar surface area (TPSA) is 51.7 Å². The van der Waals surface area contributed by atoms with Gasteiger partial charge in [-0.15, -0.1) is 6.58 Å². The molecule has 0 radical (unpaired) electrons. The van der Waals surface area contributed by atoms with Crippen molar-refractivity contribution in [2.75, 3.05) is 20.2 Å². The summed E-state index contributed by atoms with van der Waals surface area (Å²) in [6.45, 7) is 7.53. The summed E-state index contributed by atoms with van der Waals surface area (Å²) in [6.07, 6.45) is 5.77. The molecule has 4 heterocycles. The number of ether oxygens (including phenoxy) is 2. The molecule has 0 saturated carbocycles. The molecule has 27 heavy (non-hydrogen) atoms. The van der Waals surface area contributed by atoms with E-state index in [9.17, 15) is 4.79 Å². The van der Waals surface area contributed by atoms with Crippen molar-refractivity contribution in [2.45, 2.75) is 31.9 Å². The van der Waals surface area contributed by atoms with Crippen molar-refractivity contribution < 1.29 is 14.3 Å². The highest BCUT2D eigenvalue weighted by atomic mass is 16.5. The molecular weight excluding hydrogens is 340 g/mol. The smallest absolute Gasteiger partial charge is 0.303 e. The van der Waals surface area contributed by atoms with E-state index >= 15 is 0 Å². The number of fused-ring (bicyclic) bond motifs is 4. The van der Waals surface area contributed by atoms with Crippen LogP contribution in [0.25, 0.3) is 10.9 Å². The Kier molecular flexibility index (Phi) is 4.87. The Morgan fingerprint density at radius 3 is 2.93 bits per heavy atom. The van der Waals surface area contributed by atoms with Crippen LogP contribution in [-0.2, 0) is 9.53 Å². The van der Waals surface area contributed by atoms with Gasteiger partial charge >= 0.3 is 5.97 Å². The third-order valence-electron chi connectivity index (χ3n) is 6.09. The fourth-order valence-corrected chi connectivity index (χ4v) is 4.74. The highest BCUT2D eigenvalue weighted by molar-refractivity contribution is 5.84. The van der Waals surface area contributed by atoms with Crippen molar-refractivity contribution in [3.8, 4) is 5.75 Å². The molecule has 3 aliphatic heterocycles. The minimum atomic E-state index is -0.311. The van der Waals surface area contributed by atoms with Crippen LogP contribution >= 0.6 is 0 Å². The predicted octanol–water partition coefficient (Wildman–Crippen LogP) is 3.74. The number of nitrogens with zero attached hydrogens (tertiary/aromatic N) is 2. The minimum Gasteiger partial charge on any atom is -0.497 e. The van der Waals surface area contributed by atoms with Crippen molar-refractivity contribution in [1.29, 1.82) is 0 Å². The lowest BCUT2D eigenvalue weighted by molar-refractivity contribution is -0.154. The van der Waals surface area contributed by atoms with Crippen molar-refractivity contribution >= 4 is 16.9 Å². The lowest BCUT2D eigenvalue weighted by atomic mass is 9.73. The first-order valence-electron chi connectivity index (χ1n) is 9.57. The normalized spacial score (nSPS) is 27.9. The zero-order valence-corrected chi connectivity index (χ0v) is 15.9. The largest absolute Gasteiger partial charge is 0.497 e. The Labute approximate surface area is 160 Å². The molecule has 0 aliphatic carbocycles. The van der Waals surface area contributed by atoms with E-state index in [0.717, 1.165) is 41.7 Å². The Morgan fingerprint density at radius 1 is 1.41 bits per heavy atom. The van der Waals surface area contributed by atoms with Crippen molar-refractivity contribution in [2.24, 2.45) is 11.8 Å². The number of methoxy groups -OCH3 is 1. The van der Waals surface area contributed by atoms with Gasteiger partial charge in [0.1, 0.15) is 11.9 Å². The van der Waals surface area contributed by atoms with E-state index in [2.05, 4.69) is 22.5 Å². The Bertz CT molecular complexity index is 866. The molecule has 3 aliphatic rings. The second-order valence-corrected chi connectivity index (χ2v) is 7.56. The van der Waals surface area contributed by atoms with Crippen LogP contribution in [0.5, 0.6) is 5.75 Å². The van der Waals surface area contributed by atoms with Gasteiger partial charge in [-0.25, -0.2) is 0 Å². The number of benzene rings is 1. The van der Waals surface area contributed by atoms with E-state index < -0.39 is 0 Å². The Morgan fingerprint density at radius 2 is 2.26 bits per heavy atom. The van der Waals surface area contributed by atoms with Crippen LogP contribution in [0.1, 0.15) is 31.4 Å². The van der Waals surface area contributed by atoms with Crippen LogP contribution in [0.15, 0.2) is 43.1 Å². The van der Waals surface area contributed by atoms with E-state index in [1.807, 2.05) is 24.3 Å². The van der Waals surface area contributed by atoms with Crippen LogP contribution < -0.4 is 4.74 Å². The fourth-order valence-electron chi connectivity index (χ4n) is 4.74. The predicted molar refractivity (Wildman–Crippen MR) is 105 cm³/mol. The molecule has 2 aromatic rings. The first kappa shape index (κ1) is 18.0. The molecule has 0 amide bonds. The van der Waals surface area contributed by atoms with E-state index in [1.165, 1.54) is 13.3 Å². The monoisotopic (exact) mass is 366 g/mol. The number of carbonyl (C=O) groups is 1. The summed E-state index contributed by atoms with van der Waals surface area (Å²) in [4.78, 5) is 18.9. The summed E-state index contributed by atoms with van der Waals surface area (Å²) in [5.74, 6) is 1.66. The maximum Gasteiger partial charge on any atom is 0.303 e. The first-order chi connectivity index (χ1) is 13.1. The van der Waals surface area contributed by atoms with Crippen molar-refractivity contribution in [1.82, 2.24) is 9.88 Å². The van der Waals surface area contributed by atoms with Gasteiger partial charge in [0.2, 0.25) is 0 Å². The summed E-state index contributed by atoms with van der Waals surface area (Å²) in [6, 6.07) is 7.99. The van der Waals surface area contributed by atoms with Crippen molar-refractivity contribution in [3.63, 3.8) is 0 Å². The van der Waals surface area contributed by atoms with Crippen LogP contribution in [0, 0.1) is 11.8 Å². The number of hydrogen-bond donors (Lipinski definition) is 0. The standard InChI is InChI=1S/C22H26N2O3/c1-4-15-13-24-10-8-16(15)11-21(24)22(27-14(2)25)18-7-9-23-20-6-5-17(26-3)12-19(18)20/h4-7,9,12,15-16,21-22H,1,8,10-11,13H2,2-3H3/t15-,16+,21-,22-/m0/s1. The highest BCUT2D eigenvalue weighted by Crippen LogP contribution is 2.43. The summed E-state index contributed by atoms with van der Waals surface area (Å²) >= 11 is 0. The number of aromatic nitrogens is 1. The zero-order valence-electron chi connectivity index (χ0n) is 15.9. The van der Waals surface area contributed by atoms with Gasteiger partial charge in [0.25, 0.3) is 0 Å². The molecule has 5 heteroatoms. The van der Waals surface area contributed by atoms with Gasteiger partial charge in [-0.3, -0.25) is 14.7 Å². The third kappa shape index (κ3) is 3.32. The van der Waals surface area contributed by atoms with Crippen LogP contribution in [0.3, 0.4) is 0 Å². The van der Waals surface area contributed by atoms with Crippen molar-refractivity contribution in [3.05, 3.63) is 48.7 Å². The average Bonchev–Trinajstić information content (AvgIpc) is 2.71. The number of carbonyl (C=O) groups excluding carboxylic acids is 1. The van der Waals surface area contributed by atoms with Crippen LogP contribution in [0.2, 0.25) is 0 Å². The number of pyridine rings is 1. The lowest BCUT2D eigenvalue weighted by Gasteiger charge is -2.51. The quantitative estimate of drug-likeness (QED) is 0.596. The van der Waals surface area contributed by atoms with Crippen LogP contribution in [-0.4, -0.2) is 42.1 Å². The molecule has 1 aromatic carbocycles. The maximum absolute atomic E-state index is 12.0. The molecular formula is C22H26N2O3. The summed E-state index contributed by atoms with van der Waals surface area (Å²) in [5, 5.41) is 0.978. The molecule has 5 rings (SSSR count). The van der Waals surface area contributed by atoms with Gasteiger partial charge < -0.3 is 9.47 Å². The van der Waals surface area contributed by atoms with Gasteiger partial charge in [-0.05, 0) is 55.5 Å². The summed E-state index contributed by atoms with van der Waals surface area (Å²) in [5.41, 5.74) is 1.88. The third-order valence-corrected chi connectivity index (χ3v) is 6.09. The molecule has 3 fully saturated rings. The van der Waals surface area contributed by atoms with Gasteiger partial charge in [-0.1, -0.05) is 6.08 Å². The first-order valence-corrected chi connectivity index (χ1v) is 9.57.